The van der Waals surface area contributed by atoms with Crippen molar-refractivity contribution in [2.24, 2.45) is 5.73 Å². The number of nitrogen functional groups attached to an aromatic ring is 1. The predicted octanol–water partition coefficient (Wildman–Crippen LogP) is 1.49. The second-order valence-corrected chi connectivity index (χ2v) is 3.05. The van der Waals surface area contributed by atoms with Gasteiger partial charge in [-0.15, -0.1) is 0 Å². The van der Waals surface area contributed by atoms with Crippen molar-refractivity contribution in [1.29, 1.82) is 0 Å². The molecule has 0 saturated carbocycles. The van der Waals surface area contributed by atoms with Crippen LogP contribution in [0.2, 0.25) is 0 Å². The fourth-order valence-corrected chi connectivity index (χ4v) is 1.11. The van der Waals surface area contributed by atoms with E-state index in [9.17, 15) is 0 Å². The lowest BCUT2D eigenvalue weighted by Crippen LogP contribution is -1.98. The lowest BCUT2D eigenvalue weighted by molar-refractivity contribution is 1.16. The summed E-state index contributed by atoms with van der Waals surface area (Å²) in [6, 6.07) is 1.77. The first kappa shape index (κ1) is 11.0. The van der Waals surface area contributed by atoms with E-state index < -0.39 is 0 Å². The third-order valence-electron chi connectivity index (χ3n) is 1.65. The average Bonchev–Trinajstić information content (AvgIpc) is 2.16. The fraction of sp³-hybridized carbons (Fsp3) is 0.0909. The Labute approximate surface area is 89.0 Å². The summed E-state index contributed by atoms with van der Waals surface area (Å²) in [5.41, 5.74) is 13.4. The van der Waals surface area contributed by atoms with E-state index in [1.165, 1.54) is 0 Å². The smallest absolute Gasteiger partial charge is 0.220 e. The Balaban J connectivity index is 3.16. The van der Waals surface area contributed by atoms with E-state index >= 15 is 0 Å². The summed E-state index contributed by atoms with van der Waals surface area (Å²) in [6.45, 7) is 5.44. The van der Waals surface area contributed by atoms with Crippen LogP contribution in [0.3, 0.4) is 0 Å². The van der Waals surface area contributed by atoms with Gasteiger partial charge in [0.25, 0.3) is 0 Å². The Morgan fingerprint density at radius 3 is 2.80 bits per heavy atom. The predicted molar refractivity (Wildman–Crippen MR) is 62.6 cm³/mol. The summed E-state index contributed by atoms with van der Waals surface area (Å²) >= 11 is 0. The van der Waals surface area contributed by atoms with Crippen molar-refractivity contribution >= 4 is 11.5 Å². The van der Waals surface area contributed by atoms with Crippen LogP contribution in [0.15, 0.2) is 42.8 Å². The molecule has 0 fully saturated rings. The first-order valence-corrected chi connectivity index (χ1v) is 4.49. The molecule has 0 amide bonds. The van der Waals surface area contributed by atoms with E-state index in [-0.39, 0.29) is 5.95 Å². The van der Waals surface area contributed by atoms with Crippen LogP contribution in [-0.2, 0) is 0 Å². The molecule has 0 spiro atoms. The van der Waals surface area contributed by atoms with Gasteiger partial charge in [-0.25, -0.2) is 9.97 Å². The number of anilines is 1. The molecule has 0 unspecified atom stereocenters. The Morgan fingerprint density at radius 1 is 1.53 bits per heavy atom. The Kier molecular flexibility index (Phi) is 3.62. The highest BCUT2D eigenvalue weighted by molar-refractivity contribution is 5.73. The van der Waals surface area contributed by atoms with Gasteiger partial charge in [-0.3, -0.25) is 0 Å². The minimum atomic E-state index is 0.241. The number of allylic oxidation sites excluding steroid dienone is 5. The minimum Gasteiger partial charge on any atom is -0.402 e. The van der Waals surface area contributed by atoms with E-state index in [4.69, 9.17) is 11.5 Å². The Hall–Kier alpha value is -2.10. The van der Waals surface area contributed by atoms with Crippen molar-refractivity contribution in [3.8, 4) is 0 Å². The highest BCUT2D eigenvalue weighted by Crippen LogP contribution is 2.14. The van der Waals surface area contributed by atoms with Crippen LogP contribution in [0.5, 0.6) is 0 Å². The van der Waals surface area contributed by atoms with Crippen molar-refractivity contribution in [1.82, 2.24) is 9.97 Å². The summed E-state index contributed by atoms with van der Waals surface area (Å²) < 4.78 is 0. The van der Waals surface area contributed by atoms with Crippen LogP contribution in [0, 0.1) is 0 Å². The average molecular weight is 202 g/mol. The van der Waals surface area contributed by atoms with E-state index in [0.29, 0.717) is 5.70 Å². The van der Waals surface area contributed by atoms with E-state index in [2.05, 4.69) is 16.5 Å². The van der Waals surface area contributed by atoms with Crippen LogP contribution in [0.4, 0.5) is 5.95 Å². The maximum Gasteiger partial charge on any atom is 0.220 e. The van der Waals surface area contributed by atoms with Crippen molar-refractivity contribution < 1.29 is 0 Å². The highest BCUT2D eigenvalue weighted by atomic mass is 15.0. The molecule has 0 aliphatic carbocycles. The molecule has 0 aliphatic heterocycles. The first-order chi connectivity index (χ1) is 7.13. The SMILES string of the molecule is C=C/C=C(\C=C(/C)N)c1ccnc(N)n1. The molecule has 78 valence electrons. The molecule has 1 heterocycles. The van der Waals surface area contributed by atoms with Gasteiger partial charge in [0.2, 0.25) is 5.95 Å². The summed E-state index contributed by atoms with van der Waals surface area (Å²) in [5, 5.41) is 0. The molecule has 1 aromatic rings. The van der Waals surface area contributed by atoms with Crippen molar-refractivity contribution in [3.05, 3.63) is 48.5 Å². The molecule has 0 atom stereocenters. The zero-order valence-electron chi connectivity index (χ0n) is 8.64. The number of nitrogens with two attached hydrogens (primary N) is 2. The topological polar surface area (TPSA) is 77.8 Å². The molecule has 4 nitrogen and oxygen atoms in total. The number of hydrogen-bond acceptors (Lipinski definition) is 4. The van der Waals surface area contributed by atoms with Crippen LogP contribution >= 0.6 is 0 Å². The zero-order chi connectivity index (χ0) is 11.3. The van der Waals surface area contributed by atoms with Crippen LogP contribution in [-0.4, -0.2) is 9.97 Å². The molecule has 0 bridgehead atoms. The van der Waals surface area contributed by atoms with Gasteiger partial charge in [0.1, 0.15) is 0 Å². The summed E-state index contributed by atoms with van der Waals surface area (Å²) in [7, 11) is 0. The second-order valence-electron chi connectivity index (χ2n) is 3.05. The third-order valence-corrected chi connectivity index (χ3v) is 1.65. The van der Waals surface area contributed by atoms with Gasteiger partial charge < -0.3 is 11.5 Å². The maximum atomic E-state index is 5.61. The first-order valence-electron chi connectivity index (χ1n) is 4.49. The molecule has 1 aromatic heterocycles. The molecule has 1 rings (SSSR count). The monoisotopic (exact) mass is 202 g/mol. The number of rotatable bonds is 3. The molecule has 15 heavy (non-hydrogen) atoms. The molecule has 0 radical (unpaired) electrons. The number of hydrogen-bond donors (Lipinski definition) is 2. The molecule has 0 aromatic carbocycles. The summed E-state index contributed by atoms with van der Waals surface area (Å²) in [5.74, 6) is 0.241. The van der Waals surface area contributed by atoms with Gasteiger partial charge >= 0.3 is 0 Å². The lowest BCUT2D eigenvalue weighted by atomic mass is 10.1. The van der Waals surface area contributed by atoms with Crippen LogP contribution in [0.1, 0.15) is 12.6 Å². The summed E-state index contributed by atoms with van der Waals surface area (Å²) in [4.78, 5) is 7.92. The van der Waals surface area contributed by atoms with E-state index in [1.54, 1.807) is 18.3 Å². The zero-order valence-corrected chi connectivity index (χ0v) is 8.64. The fourth-order valence-electron chi connectivity index (χ4n) is 1.11. The van der Waals surface area contributed by atoms with Gasteiger partial charge in [0.05, 0.1) is 5.69 Å². The van der Waals surface area contributed by atoms with Gasteiger partial charge in [-0.05, 0) is 19.1 Å². The Bertz CT molecular complexity index is 414. The van der Waals surface area contributed by atoms with Gasteiger partial charge in [-0.1, -0.05) is 18.7 Å². The minimum absolute atomic E-state index is 0.241. The number of nitrogens with zero attached hydrogens (tertiary/aromatic N) is 2. The van der Waals surface area contributed by atoms with Crippen molar-refractivity contribution in [2.75, 3.05) is 5.73 Å². The molecule has 4 N–H and O–H groups in total. The van der Waals surface area contributed by atoms with Crippen molar-refractivity contribution in [3.63, 3.8) is 0 Å². The van der Waals surface area contributed by atoms with Gasteiger partial charge in [0.15, 0.2) is 0 Å². The molecule has 0 aliphatic rings. The maximum absolute atomic E-state index is 5.61. The quantitative estimate of drug-likeness (QED) is 0.728. The summed E-state index contributed by atoms with van der Waals surface area (Å²) in [6.07, 6.45) is 6.91. The molecule has 0 saturated heterocycles. The largest absolute Gasteiger partial charge is 0.402 e. The van der Waals surface area contributed by atoms with Crippen molar-refractivity contribution in [2.45, 2.75) is 6.92 Å². The van der Waals surface area contributed by atoms with E-state index in [0.717, 1.165) is 11.3 Å². The lowest BCUT2D eigenvalue weighted by Gasteiger charge is -2.02. The standard InChI is InChI=1S/C11H14N4/c1-3-4-9(7-8(2)12)10-5-6-14-11(13)15-10/h3-7H,1,12H2,2H3,(H2,13,14,15)/b8-7+,9-4+. The normalized spacial score (nSPS) is 12.6. The van der Waals surface area contributed by atoms with Gasteiger partial charge in [-0.2, -0.15) is 0 Å². The van der Waals surface area contributed by atoms with Crippen LogP contribution < -0.4 is 11.5 Å². The molecular weight excluding hydrogens is 188 g/mol. The molecule has 4 heteroatoms. The number of aromatic nitrogens is 2. The van der Waals surface area contributed by atoms with Gasteiger partial charge in [0, 0.05) is 17.5 Å². The highest BCUT2D eigenvalue weighted by Gasteiger charge is 2.00. The third kappa shape index (κ3) is 3.27. The molecular formula is C11H14N4. The van der Waals surface area contributed by atoms with E-state index in [1.807, 2.05) is 19.1 Å². The van der Waals surface area contributed by atoms with Crippen LogP contribution in [0.25, 0.3) is 5.57 Å². The second kappa shape index (κ2) is 4.95. The Morgan fingerprint density at radius 2 is 2.27 bits per heavy atom.